The van der Waals surface area contributed by atoms with Gasteiger partial charge in [-0.1, -0.05) is 17.7 Å². The zero-order valence-electron chi connectivity index (χ0n) is 12.2. The molecule has 5 heteroatoms. The van der Waals surface area contributed by atoms with Crippen molar-refractivity contribution < 1.29 is 14.6 Å². The van der Waals surface area contributed by atoms with E-state index in [0.29, 0.717) is 11.1 Å². The van der Waals surface area contributed by atoms with Gasteiger partial charge in [0, 0.05) is 17.6 Å². The summed E-state index contributed by atoms with van der Waals surface area (Å²) in [6.07, 6.45) is 3.40. The molecule has 2 N–H and O–H groups in total. The van der Waals surface area contributed by atoms with Crippen LogP contribution in [-0.2, 0) is 4.79 Å². The highest BCUT2D eigenvalue weighted by molar-refractivity contribution is 6.30. The van der Waals surface area contributed by atoms with Crippen molar-refractivity contribution >= 4 is 17.6 Å². The average molecular weight is 312 g/mol. The first-order valence-corrected chi connectivity index (χ1v) is 7.81. The highest BCUT2D eigenvalue weighted by Crippen LogP contribution is 2.24. The average Bonchev–Trinajstić information content (AvgIpc) is 2.45. The molecule has 21 heavy (non-hydrogen) atoms. The molecule has 1 aliphatic rings. The van der Waals surface area contributed by atoms with Crippen molar-refractivity contribution in [3.8, 4) is 5.75 Å². The van der Waals surface area contributed by atoms with Crippen molar-refractivity contribution in [3.05, 3.63) is 29.3 Å². The lowest BCUT2D eigenvalue weighted by Gasteiger charge is -2.28. The Balaban J connectivity index is 1.70. The molecule has 1 aliphatic carbocycles. The Kier molecular flexibility index (Phi) is 5.88. The molecule has 0 amide bonds. The molecule has 2 rings (SSSR count). The molecule has 0 bridgehead atoms. The van der Waals surface area contributed by atoms with Gasteiger partial charge in [0.1, 0.15) is 11.9 Å². The van der Waals surface area contributed by atoms with Gasteiger partial charge >= 0.3 is 5.97 Å². The fourth-order valence-corrected chi connectivity index (χ4v) is 2.87. The van der Waals surface area contributed by atoms with Gasteiger partial charge in [-0.15, -0.1) is 0 Å². The van der Waals surface area contributed by atoms with Crippen molar-refractivity contribution in [2.24, 2.45) is 5.92 Å². The first-order chi connectivity index (χ1) is 10.0. The van der Waals surface area contributed by atoms with Crippen molar-refractivity contribution in [2.75, 3.05) is 6.54 Å². The second-order valence-corrected chi connectivity index (χ2v) is 6.12. The number of hydrogen-bond acceptors (Lipinski definition) is 3. The summed E-state index contributed by atoms with van der Waals surface area (Å²) < 4.78 is 5.80. The first kappa shape index (κ1) is 16.1. The van der Waals surface area contributed by atoms with Crippen LogP contribution >= 0.6 is 11.6 Å². The van der Waals surface area contributed by atoms with Crippen LogP contribution in [0.15, 0.2) is 24.3 Å². The third-order valence-corrected chi connectivity index (χ3v) is 4.14. The summed E-state index contributed by atoms with van der Waals surface area (Å²) in [6.45, 7) is 2.76. The maximum Gasteiger partial charge on any atom is 0.306 e. The van der Waals surface area contributed by atoms with E-state index in [1.54, 1.807) is 6.07 Å². The smallest absolute Gasteiger partial charge is 0.306 e. The lowest BCUT2D eigenvalue weighted by molar-refractivity contribution is -0.142. The molecule has 1 saturated carbocycles. The lowest BCUT2D eigenvalue weighted by atomic mass is 9.86. The number of ether oxygens (including phenoxy) is 1. The van der Waals surface area contributed by atoms with E-state index in [1.807, 2.05) is 25.1 Å². The number of rotatable bonds is 6. The summed E-state index contributed by atoms with van der Waals surface area (Å²) in [5.74, 6) is -0.0549. The van der Waals surface area contributed by atoms with Gasteiger partial charge < -0.3 is 15.2 Å². The van der Waals surface area contributed by atoms with Crippen LogP contribution in [0.25, 0.3) is 0 Å². The monoisotopic (exact) mass is 311 g/mol. The topological polar surface area (TPSA) is 58.6 Å². The normalized spacial score (nSPS) is 23.5. The van der Waals surface area contributed by atoms with E-state index in [0.717, 1.165) is 38.0 Å². The molecule has 4 nitrogen and oxygen atoms in total. The SMILES string of the molecule is CC(CNC1CCC(C(=O)O)CC1)Oc1cccc(Cl)c1. The minimum absolute atomic E-state index is 0.0423. The van der Waals surface area contributed by atoms with Crippen LogP contribution < -0.4 is 10.1 Å². The van der Waals surface area contributed by atoms with Crippen LogP contribution in [-0.4, -0.2) is 29.8 Å². The molecule has 116 valence electrons. The fraction of sp³-hybridized carbons (Fsp3) is 0.562. The van der Waals surface area contributed by atoms with Gasteiger partial charge in [0.25, 0.3) is 0 Å². The Labute approximate surface area is 130 Å². The van der Waals surface area contributed by atoms with E-state index >= 15 is 0 Å². The number of aliphatic carboxylic acids is 1. The van der Waals surface area contributed by atoms with Gasteiger partial charge in [0.05, 0.1) is 5.92 Å². The van der Waals surface area contributed by atoms with Crippen LogP contribution in [0.2, 0.25) is 5.02 Å². The van der Waals surface area contributed by atoms with E-state index in [9.17, 15) is 4.79 Å². The summed E-state index contributed by atoms with van der Waals surface area (Å²) in [5.41, 5.74) is 0. The molecule has 0 spiro atoms. The number of halogens is 1. The molecular weight excluding hydrogens is 290 g/mol. The van der Waals surface area contributed by atoms with Gasteiger partial charge in [-0.05, 0) is 50.8 Å². The third kappa shape index (κ3) is 5.21. The maximum atomic E-state index is 10.9. The number of carboxylic acid groups (broad SMARTS) is 1. The number of hydrogen-bond donors (Lipinski definition) is 2. The number of carboxylic acids is 1. The van der Waals surface area contributed by atoms with Crippen LogP contribution in [0.5, 0.6) is 5.75 Å². The zero-order valence-corrected chi connectivity index (χ0v) is 13.0. The van der Waals surface area contributed by atoms with E-state index in [-0.39, 0.29) is 12.0 Å². The summed E-state index contributed by atoms with van der Waals surface area (Å²) in [4.78, 5) is 10.9. The molecule has 1 aromatic rings. The molecular formula is C16H22ClNO3. The Hall–Kier alpha value is -1.26. The highest BCUT2D eigenvalue weighted by Gasteiger charge is 2.25. The minimum Gasteiger partial charge on any atom is -0.489 e. The van der Waals surface area contributed by atoms with Gasteiger partial charge in [-0.2, -0.15) is 0 Å². The fourth-order valence-electron chi connectivity index (χ4n) is 2.69. The number of carbonyl (C=O) groups is 1. The predicted molar refractivity (Wildman–Crippen MR) is 82.9 cm³/mol. The van der Waals surface area contributed by atoms with E-state index in [4.69, 9.17) is 21.4 Å². The van der Waals surface area contributed by atoms with E-state index < -0.39 is 5.97 Å². The van der Waals surface area contributed by atoms with E-state index in [1.165, 1.54) is 0 Å². The minimum atomic E-state index is -0.661. The van der Waals surface area contributed by atoms with Gasteiger partial charge in [0.2, 0.25) is 0 Å². The Bertz CT molecular complexity index is 472. The second kappa shape index (κ2) is 7.66. The highest BCUT2D eigenvalue weighted by atomic mass is 35.5. The van der Waals surface area contributed by atoms with Gasteiger partial charge in [-0.25, -0.2) is 0 Å². The zero-order chi connectivity index (χ0) is 15.2. The largest absolute Gasteiger partial charge is 0.489 e. The number of nitrogens with one attached hydrogen (secondary N) is 1. The standard InChI is InChI=1S/C16H22ClNO3/c1-11(21-15-4-2-3-13(17)9-15)10-18-14-7-5-12(6-8-14)16(19)20/h2-4,9,11-12,14,18H,5-8,10H2,1H3,(H,19,20). The first-order valence-electron chi connectivity index (χ1n) is 7.43. The molecule has 0 radical (unpaired) electrons. The Morgan fingerprint density at radius 3 is 2.76 bits per heavy atom. The van der Waals surface area contributed by atoms with Crippen molar-refractivity contribution in [1.82, 2.24) is 5.32 Å². The predicted octanol–water partition coefficient (Wildman–Crippen LogP) is 3.34. The molecule has 0 aliphatic heterocycles. The molecule has 1 aromatic carbocycles. The summed E-state index contributed by atoms with van der Waals surface area (Å²) >= 11 is 5.92. The van der Waals surface area contributed by atoms with E-state index in [2.05, 4.69) is 5.32 Å². The van der Waals surface area contributed by atoms with Crippen LogP contribution in [0.4, 0.5) is 0 Å². The Morgan fingerprint density at radius 2 is 2.14 bits per heavy atom. The summed E-state index contributed by atoms with van der Waals surface area (Å²) in [5, 5.41) is 13.1. The van der Waals surface area contributed by atoms with Gasteiger partial charge in [0.15, 0.2) is 0 Å². The molecule has 0 heterocycles. The molecule has 1 unspecified atom stereocenters. The van der Waals surface area contributed by atoms with Crippen LogP contribution in [0.3, 0.4) is 0 Å². The second-order valence-electron chi connectivity index (χ2n) is 5.68. The molecule has 1 fully saturated rings. The lowest BCUT2D eigenvalue weighted by Crippen LogP contribution is -2.39. The third-order valence-electron chi connectivity index (χ3n) is 3.90. The van der Waals surface area contributed by atoms with Crippen molar-refractivity contribution in [3.63, 3.8) is 0 Å². The maximum absolute atomic E-state index is 10.9. The Morgan fingerprint density at radius 1 is 1.43 bits per heavy atom. The number of benzene rings is 1. The van der Waals surface area contributed by atoms with Gasteiger partial charge in [-0.3, -0.25) is 4.79 Å². The van der Waals surface area contributed by atoms with Crippen LogP contribution in [0.1, 0.15) is 32.6 Å². The quantitative estimate of drug-likeness (QED) is 0.846. The molecule has 0 saturated heterocycles. The molecule has 0 aromatic heterocycles. The summed E-state index contributed by atoms with van der Waals surface area (Å²) in [6, 6.07) is 7.77. The summed E-state index contributed by atoms with van der Waals surface area (Å²) in [7, 11) is 0. The van der Waals surface area contributed by atoms with Crippen molar-refractivity contribution in [2.45, 2.75) is 44.8 Å². The van der Waals surface area contributed by atoms with Crippen LogP contribution in [0, 0.1) is 5.92 Å². The van der Waals surface area contributed by atoms with Crippen molar-refractivity contribution in [1.29, 1.82) is 0 Å². The molecule has 1 atom stereocenters.